The molecule has 0 saturated carbocycles. The fourth-order valence-corrected chi connectivity index (χ4v) is 3.70. The molecular weight excluding hydrogens is 386 g/mol. The number of aromatic nitrogens is 4. The van der Waals surface area contributed by atoms with Gasteiger partial charge in [0.05, 0.1) is 12.2 Å². The summed E-state index contributed by atoms with van der Waals surface area (Å²) in [5, 5.41) is 10.9. The summed E-state index contributed by atoms with van der Waals surface area (Å²) in [6.07, 6.45) is 3.63. The van der Waals surface area contributed by atoms with Crippen LogP contribution in [0.5, 0.6) is 10.9 Å². The van der Waals surface area contributed by atoms with Crippen molar-refractivity contribution in [2.45, 2.75) is 6.04 Å². The molecule has 0 aliphatic carbocycles. The fourth-order valence-electron chi connectivity index (χ4n) is 3.19. The summed E-state index contributed by atoms with van der Waals surface area (Å²) in [4.78, 5) is 18.6. The van der Waals surface area contributed by atoms with Gasteiger partial charge in [0.1, 0.15) is 11.4 Å². The first-order valence-corrected chi connectivity index (χ1v) is 10.1. The second kappa shape index (κ2) is 7.48. The lowest BCUT2D eigenvalue weighted by Crippen LogP contribution is -2.50. The summed E-state index contributed by atoms with van der Waals surface area (Å²) in [7, 11) is 0. The molecule has 1 aliphatic rings. The molecule has 3 heterocycles. The molecule has 1 saturated heterocycles. The third kappa shape index (κ3) is 3.62. The van der Waals surface area contributed by atoms with Gasteiger partial charge in [-0.1, -0.05) is 46.9 Å². The van der Waals surface area contributed by atoms with E-state index in [9.17, 15) is 4.79 Å². The molecule has 1 aliphatic heterocycles. The molecule has 0 bridgehead atoms. The molecule has 4 aromatic rings. The van der Waals surface area contributed by atoms with Crippen LogP contribution in [0, 0.1) is 0 Å². The topological polar surface area (TPSA) is 73.1 Å². The number of amides is 1. The highest BCUT2D eigenvalue weighted by molar-refractivity contribution is 7.11. The minimum absolute atomic E-state index is 0.00504. The summed E-state index contributed by atoms with van der Waals surface area (Å²) in [6.45, 7) is 1.24. The van der Waals surface area contributed by atoms with Crippen molar-refractivity contribution < 1.29 is 9.53 Å². The Morgan fingerprint density at radius 1 is 1.07 bits per heavy atom. The maximum absolute atomic E-state index is 12.7. The molecule has 5 rings (SSSR count). The molecule has 1 amide bonds. The van der Waals surface area contributed by atoms with Crippen LogP contribution in [0.1, 0.15) is 16.4 Å². The predicted molar refractivity (Wildman–Crippen MR) is 109 cm³/mol. The molecule has 2 aromatic carbocycles. The number of hydrogen-bond donors (Lipinski definition) is 0. The number of nitrogens with zero attached hydrogens (tertiary/aromatic N) is 5. The first-order valence-electron chi connectivity index (χ1n) is 9.20. The Kier molecular flexibility index (Phi) is 4.53. The number of carbonyl (C=O) groups excluding carboxylic acids is 1. The normalized spacial score (nSPS) is 13.9. The Morgan fingerprint density at radius 2 is 1.86 bits per heavy atom. The molecule has 0 unspecified atom stereocenters. The molecule has 7 nitrogen and oxygen atoms in total. The number of rotatable bonds is 5. The van der Waals surface area contributed by atoms with Gasteiger partial charge in [-0.2, -0.15) is 0 Å². The zero-order valence-corrected chi connectivity index (χ0v) is 16.2. The highest BCUT2D eigenvalue weighted by atomic mass is 32.1. The van der Waals surface area contributed by atoms with Crippen LogP contribution in [0.4, 0.5) is 0 Å². The quantitative estimate of drug-likeness (QED) is 0.505. The van der Waals surface area contributed by atoms with Gasteiger partial charge in [-0.05, 0) is 24.3 Å². The van der Waals surface area contributed by atoms with Crippen molar-refractivity contribution in [2.24, 2.45) is 0 Å². The third-order valence-corrected chi connectivity index (χ3v) is 5.47. The molecule has 0 N–H and O–H groups in total. The Bertz CT molecular complexity index is 1100. The van der Waals surface area contributed by atoms with E-state index in [0.29, 0.717) is 29.6 Å². The van der Waals surface area contributed by atoms with Crippen LogP contribution >= 0.6 is 11.3 Å². The van der Waals surface area contributed by atoms with E-state index in [2.05, 4.69) is 15.3 Å². The molecule has 8 heteroatoms. The lowest BCUT2D eigenvalue weighted by molar-refractivity contribution is 0.0498. The lowest BCUT2D eigenvalue weighted by atomic mass is 10.1. The van der Waals surface area contributed by atoms with Gasteiger partial charge < -0.3 is 9.64 Å². The molecule has 29 heavy (non-hydrogen) atoms. The van der Waals surface area contributed by atoms with E-state index in [-0.39, 0.29) is 11.9 Å². The maximum Gasteiger partial charge on any atom is 0.278 e. The van der Waals surface area contributed by atoms with E-state index in [0.717, 1.165) is 11.3 Å². The van der Waals surface area contributed by atoms with Crippen LogP contribution in [-0.2, 0) is 0 Å². The van der Waals surface area contributed by atoms with E-state index in [1.165, 1.54) is 11.3 Å². The zero-order chi connectivity index (χ0) is 19.6. The molecule has 144 valence electrons. The average Bonchev–Trinajstić information content (AvgIpc) is 3.40. The van der Waals surface area contributed by atoms with E-state index in [1.54, 1.807) is 30.5 Å². The minimum Gasteiger partial charge on any atom is -0.431 e. The molecule has 0 radical (unpaired) electrons. The van der Waals surface area contributed by atoms with Gasteiger partial charge in [-0.25, -0.2) is 9.67 Å². The molecule has 0 atom stereocenters. The Hall–Kier alpha value is -3.52. The second-order valence-corrected chi connectivity index (χ2v) is 7.60. The van der Waals surface area contributed by atoms with E-state index < -0.39 is 0 Å². The van der Waals surface area contributed by atoms with Crippen LogP contribution in [0.2, 0.25) is 0 Å². The number of likely N-dealkylation sites (tertiary alicyclic amines) is 1. The summed E-state index contributed by atoms with van der Waals surface area (Å²) < 4.78 is 7.48. The first kappa shape index (κ1) is 17.6. The Balaban J connectivity index is 1.20. The monoisotopic (exact) mass is 403 g/mol. The van der Waals surface area contributed by atoms with Crippen molar-refractivity contribution in [3.05, 3.63) is 77.9 Å². The van der Waals surface area contributed by atoms with Crippen LogP contribution in [0.15, 0.2) is 72.4 Å². The second-order valence-electron chi connectivity index (χ2n) is 6.74. The Labute approximate surface area is 171 Å². The minimum atomic E-state index is 0.00504. The highest BCUT2D eigenvalue weighted by Gasteiger charge is 2.33. The van der Waals surface area contributed by atoms with Gasteiger partial charge in [0.2, 0.25) is 0 Å². The summed E-state index contributed by atoms with van der Waals surface area (Å²) >= 11 is 1.42. The van der Waals surface area contributed by atoms with Crippen LogP contribution in [-0.4, -0.2) is 43.9 Å². The van der Waals surface area contributed by atoms with E-state index in [1.807, 2.05) is 51.5 Å². The molecular formula is C21H17N5O2S. The van der Waals surface area contributed by atoms with Gasteiger partial charge in [0.25, 0.3) is 11.1 Å². The average molecular weight is 403 g/mol. The van der Waals surface area contributed by atoms with Crippen molar-refractivity contribution in [3.63, 3.8) is 0 Å². The first-order chi connectivity index (χ1) is 14.3. The van der Waals surface area contributed by atoms with E-state index >= 15 is 0 Å². The molecule has 0 spiro atoms. The largest absolute Gasteiger partial charge is 0.431 e. The van der Waals surface area contributed by atoms with Gasteiger partial charge in [-0.3, -0.25) is 4.79 Å². The zero-order valence-electron chi connectivity index (χ0n) is 15.4. The van der Waals surface area contributed by atoms with Crippen molar-refractivity contribution in [1.29, 1.82) is 0 Å². The third-order valence-electron chi connectivity index (χ3n) is 4.82. The van der Waals surface area contributed by atoms with Crippen LogP contribution in [0.25, 0.3) is 11.3 Å². The van der Waals surface area contributed by atoms with Crippen LogP contribution < -0.4 is 4.74 Å². The number of benzene rings is 2. The summed E-state index contributed by atoms with van der Waals surface area (Å²) in [6, 6.07) is 17.2. The highest BCUT2D eigenvalue weighted by Crippen LogP contribution is 2.27. The summed E-state index contributed by atoms with van der Waals surface area (Å²) in [5.41, 5.74) is 2.51. The van der Waals surface area contributed by atoms with Gasteiger partial charge in [-0.15, -0.1) is 5.10 Å². The molecule has 1 fully saturated rings. The van der Waals surface area contributed by atoms with Crippen molar-refractivity contribution in [2.75, 3.05) is 13.1 Å². The number of hydrogen-bond acceptors (Lipinski definition) is 6. The smallest absolute Gasteiger partial charge is 0.278 e. The number of carbonyl (C=O) groups is 1. The Morgan fingerprint density at radius 3 is 2.59 bits per heavy atom. The molecule has 2 aromatic heterocycles. The van der Waals surface area contributed by atoms with Gasteiger partial charge >= 0.3 is 0 Å². The van der Waals surface area contributed by atoms with Crippen molar-refractivity contribution in [3.8, 4) is 22.2 Å². The van der Waals surface area contributed by atoms with E-state index in [4.69, 9.17) is 4.74 Å². The maximum atomic E-state index is 12.7. The lowest BCUT2D eigenvalue weighted by Gasteiger charge is -2.38. The van der Waals surface area contributed by atoms with Crippen LogP contribution in [0.3, 0.4) is 0 Å². The van der Waals surface area contributed by atoms with Crippen molar-refractivity contribution >= 4 is 17.2 Å². The fraction of sp³-hybridized carbons (Fsp3) is 0.143. The standard InChI is InChI=1S/C21H17N5O2S/c27-20(16-6-8-18(9-7-16)28-21-22-10-11-29-21)25-12-17(13-25)26-14-19(23-24-26)15-4-2-1-3-5-15/h1-11,14,17H,12-13H2. The van der Waals surface area contributed by atoms with Crippen molar-refractivity contribution in [1.82, 2.24) is 24.9 Å². The number of ether oxygens (including phenoxy) is 1. The summed E-state index contributed by atoms with van der Waals surface area (Å²) in [5.74, 6) is 0.666. The predicted octanol–water partition coefficient (Wildman–Crippen LogP) is 3.89. The van der Waals surface area contributed by atoms with Gasteiger partial charge in [0.15, 0.2) is 0 Å². The SMILES string of the molecule is O=C(c1ccc(Oc2nccs2)cc1)N1CC(n2cc(-c3ccccc3)nn2)C1. The number of thiazole rings is 1. The van der Waals surface area contributed by atoms with Gasteiger partial charge in [0, 0.05) is 35.8 Å².